The first-order chi connectivity index (χ1) is 13.6. The fraction of sp³-hybridized carbons (Fsp3) is 0.136. The number of pyridine rings is 1. The minimum Gasteiger partial charge on any atom is -0.462 e. The molecule has 3 aromatic rings. The lowest BCUT2D eigenvalue weighted by molar-refractivity contribution is -0.348. The van der Waals surface area contributed by atoms with Gasteiger partial charge in [0.2, 0.25) is 0 Å². The van der Waals surface area contributed by atoms with E-state index in [1.807, 2.05) is 54.6 Å². The van der Waals surface area contributed by atoms with E-state index in [2.05, 4.69) is 16.4 Å². The Hall–Kier alpha value is -3.36. The number of carbonyl (C=O) groups is 1. The number of nitrogens with zero attached hydrogens (tertiary/aromatic N) is 1. The number of hydrogen-bond donors (Lipinski definition) is 1. The second-order valence-corrected chi connectivity index (χ2v) is 6.46. The zero-order chi connectivity index (χ0) is 19.9. The summed E-state index contributed by atoms with van der Waals surface area (Å²) in [5, 5.41) is 13.5. The standard InChI is InChI=1S/C22H18ClN3O2/c1-2-28-22(27)19-12-17(13-24)21(25-14-15-8-10-18(23)11-9-15)26-20(19)16-6-4-3-5-7-16/h3-12H,2,14H2,1H3,(H,25,26)/p+1. The van der Waals surface area contributed by atoms with Crippen LogP contribution in [0.3, 0.4) is 0 Å². The molecule has 0 aliphatic rings. The molecule has 0 unspecified atom stereocenters. The van der Waals surface area contributed by atoms with Crippen LogP contribution in [-0.4, -0.2) is 12.6 Å². The molecular weight excluding hydrogens is 374 g/mol. The highest BCUT2D eigenvalue weighted by Gasteiger charge is 2.23. The number of rotatable bonds is 6. The lowest BCUT2D eigenvalue weighted by Crippen LogP contribution is -2.22. The van der Waals surface area contributed by atoms with Crippen molar-refractivity contribution in [3.63, 3.8) is 0 Å². The first-order valence-corrected chi connectivity index (χ1v) is 9.21. The molecule has 0 spiro atoms. The summed E-state index contributed by atoms with van der Waals surface area (Å²) in [5.41, 5.74) is 3.08. The van der Waals surface area contributed by atoms with Crippen LogP contribution in [0.5, 0.6) is 0 Å². The zero-order valence-corrected chi connectivity index (χ0v) is 16.1. The van der Waals surface area contributed by atoms with E-state index in [-0.39, 0.29) is 6.61 Å². The van der Waals surface area contributed by atoms with Crippen LogP contribution in [0.4, 0.5) is 5.82 Å². The Morgan fingerprint density at radius 2 is 1.89 bits per heavy atom. The molecule has 5 nitrogen and oxygen atoms in total. The van der Waals surface area contributed by atoms with Gasteiger partial charge in [0.1, 0.15) is 29.4 Å². The van der Waals surface area contributed by atoms with Crippen molar-refractivity contribution >= 4 is 23.4 Å². The van der Waals surface area contributed by atoms with Crippen molar-refractivity contribution < 1.29 is 14.5 Å². The number of halogens is 1. The van der Waals surface area contributed by atoms with E-state index in [0.717, 1.165) is 11.1 Å². The number of benzene rings is 2. The van der Waals surface area contributed by atoms with Crippen LogP contribution in [0.15, 0.2) is 60.7 Å². The molecule has 0 saturated heterocycles. The Morgan fingerprint density at radius 3 is 2.54 bits per heavy atom. The largest absolute Gasteiger partial charge is 0.462 e. The average molecular weight is 393 g/mol. The number of anilines is 1. The molecule has 1 aromatic heterocycles. The van der Waals surface area contributed by atoms with E-state index >= 15 is 0 Å². The first kappa shape index (κ1) is 19.4. The van der Waals surface area contributed by atoms with Crippen molar-refractivity contribution in [2.24, 2.45) is 0 Å². The molecule has 2 aromatic carbocycles. The molecule has 140 valence electrons. The second-order valence-electron chi connectivity index (χ2n) is 6.03. The van der Waals surface area contributed by atoms with Crippen molar-refractivity contribution in [3.8, 4) is 17.3 Å². The third kappa shape index (κ3) is 4.48. The lowest BCUT2D eigenvalue weighted by Gasteiger charge is -2.10. The maximum atomic E-state index is 12.4. The normalized spacial score (nSPS) is 10.2. The maximum Gasteiger partial charge on any atom is 0.342 e. The second kappa shape index (κ2) is 9.03. The number of H-pyrrole nitrogens is 1. The molecule has 0 amide bonds. The summed E-state index contributed by atoms with van der Waals surface area (Å²) in [7, 11) is 0. The number of ether oxygens (including phenoxy) is 1. The first-order valence-electron chi connectivity index (χ1n) is 8.83. The SMILES string of the molecule is CCOC(=O)c1cc(C#N)c(NCc2ccc(Cl)cc2)[nH+]c1-c1ccccc1. The van der Waals surface area contributed by atoms with E-state index in [9.17, 15) is 10.1 Å². The van der Waals surface area contributed by atoms with Crippen LogP contribution in [0.2, 0.25) is 5.02 Å². The Morgan fingerprint density at radius 1 is 1.18 bits per heavy atom. The maximum absolute atomic E-state index is 12.4. The van der Waals surface area contributed by atoms with Crippen LogP contribution >= 0.6 is 11.6 Å². The molecule has 0 radical (unpaired) electrons. The number of nitriles is 1. The number of hydrogen-bond acceptors (Lipinski definition) is 4. The number of aromatic nitrogens is 1. The van der Waals surface area contributed by atoms with Gasteiger partial charge in [-0.2, -0.15) is 5.26 Å². The summed E-state index contributed by atoms with van der Waals surface area (Å²) in [6, 6.07) is 20.6. The Balaban J connectivity index is 2.01. The third-order valence-corrected chi connectivity index (χ3v) is 4.39. The summed E-state index contributed by atoms with van der Waals surface area (Å²) in [4.78, 5) is 15.7. The van der Waals surface area contributed by atoms with Gasteiger partial charge in [0.05, 0.1) is 6.61 Å². The van der Waals surface area contributed by atoms with Crippen LogP contribution in [0, 0.1) is 11.3 Å². The summed E-state index contributed by atoms with van der Waals surface area (Å²) >= 11 is 5.92. The van der Waals surface area contributed by atoms with Gasteiger partial charge in [-0.25, -0.2) is 9.78 Å². The molecule has 0 aliphatic carbocycles. The van der Waals surface area contributed by atoms with E-state index in [0.29, 0.717) is 34.2 Å². The van der Waals surface area contributed by atoms with Crippen molar-refractivity contribution in [2.45, 2.75) is 13.5 Å². The predicted molar refractivity (Wildman–Crippen MR) is 108 cm³/mol. The fourth-order valence-electron chi connectivity index (χ4n) is 2.77. The highest BCUT2D eigenvalue weighted by Crippen LogP contribution is 2.24. The smallest absolute Gasteiger partial charge is 0.342 e. The van der Waals surface area contributed by atoms with Crippen molar-refractivity contribution in [1.82, 2.24) is 0 Å². The Labute approximate surface area is 168 Å². The monoisotopic (exact) mass is 392 g/mol. The molecule has 0 bridgehead atoms. The molecule has 28 heavy (non-hydrogen) atoms. The molecule has 0 saturated carbocycles. The summed E-state index contributed by atoms with van der Waals surface area (Å²) in [6.45, 7) is 2.50. The minimum atomic E-state index is -0.474. The topological polar surface area (TPSA) is 76.3 Å². The van der Waals surface area contributed by atoms with E-state index in [4.69, 9.17) is 16.3 Å². The number of aromatic amines is 1. The quantitative estimate of drug-likeness (QED) is 0.627. The van der Waals surface area contributed by atoms with Crippen molar-refractivity contribution in [2.75, 3.05) is 11.9 Å². The lowest BCUT2D eigenvalue weighted by atomic mass is 10.0. The molecule has 0 atom stereocenters. The van der Waals surface area contributed by atoms with Gasteiger partial charge in [0.15, 0.2) is 0 Å². The van der Waals surface area contributed by atoms with Gasteiger partial charge >= 0.3 is 5.97 Å². The predicted octanol–water partition coefficient (Wildman–Crippen LogP) is 4.48. The summed E-state index contributed by atoms with van der Waals surface area (Å²) < 4.78 is 5.17. The Bertz CT molecular complexity index is 1010. The van der Waals surface area contributed by atoms with Crippen LogP contribution < -0.4 is 10.3 Å². The average Bonchev–Trinajstić information content (AvgIpc) is 2.73. The number of carbonyl (C=O) groups excluding carboxylic acids is 1. The van der Waals surface area contributed by atoms with Crippen molar-refractivity contribution in [1.29, 1.82) is 5.26 Å². The minimum absolute atomic E-state index is 0.255. The van der Waals surface area contributed by atoms with E-state index in [1.165, 1.54) is 0 Å². The molecule has 0 fully saturated rings. The van der Waals surface area contributed by atoms with Gasteiger partial charge in [-0.1, -0.05) is 54.1 Å². The molecule has 6 heteroatoms. The van der Waals surface area contributed by atoms with Crippen LogP contribution in [-0.2, 0) is 11.3 Å². The van der Waals surface area contributed by atoms with Gasteiger partial charge in [-0.15, -0.1) is 0 Å². The fourth-order valence-corrected chi connectivity index (χ4v) is 2.90. The number of nitrogens with one attached hydrogen (secondary N) is 2. The van der Waals surface area contributed by atoms with E-state index < -0.39 is 5.97 Å². The highest BCUT2D eigenvalue weighted by molar-refractivity contribution is 6.30. The number of esters is 1. The molecule has 2 N–H and O–H groups in total. The molecule has 1 heterocycles. The third-order valence-electron chi connectivity index (χ3n) is 4.14. The van der Waals surface area contributed by atoms with Crippen molar-refractivity contribution in [3.05, 3.63) is 82.4 Å². The Kier molecular flexibility index (Phi) is 6.25. The van der Waals surface area contributed by atoms with Crippen LogP contribution in [0.1, 0.15) is 28.4 Å². The molecule has 0 aliphatic heterocycles. The highest BCUT2D eigenvalue weighted by atomic mass is 35.5. The molecular formula is C22H19ClN3O2+. The van der Waals surface area contributed by atoms with Gasteiger partial charge in [-0.3, -0.25) is 5.32 Å². The molecule has 3 rings (SSSR count). The van der Waals surface area contributed by atoms with Gasteiger partial charge < -0.3 is 4.74 Å². The van der Waals surface area contributed by atoms with E-state index in [1.54, 1.807) is 13.0 Å². The van der Waals surface area contributed by atoms with Gasteiger partial charge in [0, 0.05) is 10.6 Å². The van der Waals surface area contributed by atoms with Gasteiger partial charge in [0.25, 0.3) is 5.82 Å². The summed E-state index contributed by atoms with van der Waals surface area (Å²) in [6.07, 6.45) is 0. The van der Waals surface area contributed by atoms with Crippen LogP contribution in [0.25, 0.3) is 11.3 Å². The summed E-state index contributed by atoms with van der Waals surface area (Å²) in [5.74, 6) is 0.0581. The zero-order valence-electron chi connectivity index (χ0n) is 15.3. The van der Waals surface area contributed by atoms with Gasteiger partial charge in [-0.05, 0) is 30.7 Å².